The van der Waals surface area contributed by atoms with Gasteiger partial charge in [0, 0.05) is 29.7 Å². The van der Waals surface area contributed by atoms with Gasteiger partial charge in [-0.15, -0.1) is 0 Å². The zero-order chi connectivity index (χ0) is 25.9. The van der Waals surface area contributed by atoms with Crippen LogP contribution in [0.1, 0.15) is 51.4 Å². The molecule has 38 heavy (non-hydrogen) atoms. The molecular weight excluding hydrogens is 472 g/mol. The molecule has 3 aliphatic rings. The molecule has 0 spiro atoms. The molecule has 2 aliphatic carbocycles. The number of nitrogens with zero attached hydrogens (tertiary/aromatic N) is 2. The summed E-state index contributed by atoms with van der Waals surface area (Å²) < 4.78 is 6.23. The number of nitrogens with one attached hydrogen (secondary N) is 2. The fraction of sp³-hybridized carbons (Fsp3) is 0.438. The lowest BCUT2D eigenvalue weighted by Gasteiger charge is -2.29. The van der Waals surface area contributed by atoms with Crippen LogP contribution in [0.4, 0.5) is 5.69 Å². The summed E-state index contributed by atoms with van der Waals surface area (Å²) in [6, 6.07) is 14.2. The summed E-state index contributed by atoms with van der Waals surface area (Å²) in [5.41, 5.74) is 4.86. The third kappa shape index (κ3) is 5.41. The van der Waals surface area contributed by atoms with Gasteiger partial charge in [-0.2, -0.15) is 5.10 Å². The second-order valence-corrected chi connectivity index (χ2v) is 11.2. The smallest absolute Gasteiger partial charge is 0.232 e. The maximum atomic E-state index is 13.6. The number of piperidine rings is 1. The van der Waals surface area contributed by atoms with E-state index in [2.05, 4.69) is 57.8 Å². The minimum atomic E-state index is -0.0781. The molecule has 0 bridgehead atoms. The standard InChI is InChI=1S/C32H38N4O2/c1-36-19-17-27(18-20-36)38-26-14-11-24(12-15-26)31-28-21-25(13-16-29(28)34-35-31)33-32(37)30(23-9-5-6-10-23)22-7-3-2-4-8-22/h3,7-8,11-16,21,23,27,30H,2,4-6,9-10,17-20H2,1H3,(H,33,37)(H,34,35). The fourth-order valence-corrected chi connectivity index (χ4v) is 6.31. The van der Waals surface area contributed by atoms with Crippen molar-refractivity contribution >= 4 is 22.5 Å². The van der Waals surface area contributed by atoms with E-state index in [0.717, 1.165) is 85.2 Å². The van der Waals surface area contributed by atoms with Gasteiger partial charge < -0.3 is 15.0 Å². The van der Waals surface area contributed by atoms with E-state index in [-0.39, 0.29) is 17.9 Å². The van der Waals surface area contributed by atoms with E-state index >= 15 is 0 Å². The van der Waals surface area contributed by atoms with E-state index in [1.165, 1.54) is 18.4 Å². The molecule has 6 rings (SSSR count). The van der Waals surface area contributed by atoms with Crippen LogP contribution >= 0.6 is 0 Å². The van der Waals surface area contributed by atoms with Crippen molar-refractivity contribution in [2.24, 2.45) is 11.8 Å². The summed E-state index contributed by atoms with van der Waals surface area (Å²) in [6.45, 7) is 2.16. The topological polar surface area (TPSA) is 70.2 Å². The van der Waals surface area contributed by atoms with Gasteiger partial charge in [-0.25, -0.2) is 0 Å². The molecule has 2 heterocycles. The highest BCUT2D eigenvalue weighted by Crippen LogP contribution is 2.38. The van der Waals surface area contributed by atoms with Crippen LogP contribution in [0.3, 0.4) is 0 Å². The molecule has 0 radical (unpaired) electrons. The lowest BCUT2D eigenvalue weighted by atomic mass is 9.81. The second-order valence-electron chi connectivity index (χ2n) is 11.2. The maximum absolute atomic E-state index is 13.6. The Hall–Kier alpha value is -3.38. The Bertz CT molecular complexity index is 1330. The van der Waals surface area contributed by atoms with Crippen LogP contribution in [0, 0.1) is 11.8 Å². The third-order valence-corrected chi connectivity index (χ3v) is 8.46. The normalized spacial score (nSPS) is 20.0. The third-order valence-electron chi connectivity index (χ3n) is 8.46. The van der Waals surface area contributed by atoms with E-state index in [9.17, 15) is 4.79 Å². The molecule has 6 heteroatoms. The van der Waals surface area contributed by atoms with Gasteiger partial charge in [-0.1, -0.05) is 31.1 Å². The van der Waals surface area contributed by atoms with E-state index in [1.807, 2.05) is 30.3 Å². The Balaban J connectivity index is 1.19. The Labute approximate surface area is 225 Å². The van der Waals surface area contributed by atoms with E-state index < -0.39 is 0 Å². The Morgan fingerprint density at radius 2 is 1.84 bits per heavy atom. The number of likely N-dealkylation sites (tertiary alicyclic amines) is 1. The summed E-state index contributed by atoms with van der Waals surface area (Å²) in [4.78, 5) is 16.0. The zero-order valence-electron chi connectivity index (χ0n) is 22.3. The Morgan fingerprint density at radius 1 is 1.05 bits per heavy atom. The maximum Gasteiger partial charge on any atom is 0.232 e. The fourth-order valence-electron chi connectivity index (χ4n) is 6.31. The summed E-state index contributed by atoms with van der Waals surface area (Å²) in [7, 11) is 2.16. The minimum Gasteiger partial charge on any atom is -0.490 e. The first-order valence-electron chi connectivity index (χ1n) is 14.3. The van der Waals surface area contributed by atoms with Crippen LogP contribution in [0.2, 0.25) is 0 Å². The zero-order valence-corrected chi connectivity index (χ0v) is 22.3. The van der Waals surface area contributed by atoms with Crippen molar-refractivity contribution in [2.75, 3.05) is 25.5 Å². The monoisotopic (exact) mass is 510 g/mol. The van der Waals surface area contributed by atoms with Gasteiger partial charge in [0.25, 0.3) is 0 Å². The molecule has 198 valence electrons. The predicted molar refractivity (Wildman–Crippen MR) is 153 cm³/mol. The number of carbonyl (C=O) groups excluding carboxylic acids is 1. The Morgan fingerprint density at radius 3 is 2.58 bits per heavy atom. The van der Waals surface area contributed by atoms with Crippen LogP contribution in [0.25, 0.3) is 22.2 Å². The van der Waals surface area contributed by atoms with Crippen LogP contribution in [0.15, 0.2) is 66.3 Å². The number of benzene rings is 2. The molecule has 6 nitrogen and oxygen atoms in total. The van der Waals surface area contributed by atoms with E-state index in [4.69, 9.17) is 4.74 Å². The van der Waals surface area contributed by atoms with Crippen molar-refractivity contribution in [3.8, 4) is 17.0 Å². The number of allylic oxidation sites excluding steroid dienone is 3. The lowest BCUT2D eigenvalue weighted by molar-refractivity contribution is -0.120. The number of aromatic amines is 1. The molecule has 2 fully saturated rings. The van der Waals surface area contributed by atoms with Gasteiger partial charge in [0.05, 0.1) is 17.1 Å². The Kier molecular flexibility index (Phi) is 7.32. The largest absolute Gasteiger partial charge is 0.490 e. The van der Waals surface area contributed by atoms with Crippen molar-refractivity contribution < 1.29 is 9.53 Å². The molecule has 2 aromatic carbocycles. The van der Waals surface area contributed by atoms with Crippen LogP contribution < -0.4 is 10.1 Å². The molecule has 1 amide bonds. The number of H-pyrrole nitrogens is 1. The molecule has 1 aliphatic heterocycles. The van der Waals surface area contributed by atoms with Crippen LogP contribution in [-0.4, -0.2) is 47.2 Å². The van der Waals surface area contributed by atoms with Crippen LogP contribution in [0.5, 0.6) is 5.75 Å². The first-order chi connectivity index (χ1) is 18.6. The van der Waals surface area contributed by atoms with Crippen molar-refractivity contribution in [3.05, 3.63) is 66.3 Å². The highest BCUT2D eigenvalue weighted by molar-refractivity contribution is 6.00. The average molecular weight is 511 g/mol. The molecular formula is C32H38N4O2. The van der Waals surface area contributed by atoms with Gasteiger partial charge in [0.1, 0.15) is 11.9 Å². The highest BCUT2D eigenvalue weighted by Gasteiger charge is 2.33. The minimum absolute atomic E-state index is 0.0781. The molecule has 1 atom stereocenters. The number of hydrogen-bond acceptors (Lipinski definition) is 4. The van der Waals surface area contributed by atoms with Gasteiger partial charge >= 0.3 is 0 Å². The summed E-state index contributed by atoms with van der Waals surface area (Å²) in [5.74, 6) is 1.35. The van der Waals surface area contributed by atoms with Crippen molar-refractivity contribution in [1.82, 2.24) is 15.1 Å². The first-order valence-corrected chi connectivity index (χ1v) is 14.3. The van der Waals surface area contributed by atoms with Crippen molar-refractivity contribution in [1.29, 1.82) is 0 Å². The highest BCUT2D eigenvalue weighted by atomic mass is 16.5. The molecule has 1 saturated carbocycles. The molecule has 1 unspecified atom stereocenters. The molecule has 1 saturated heterocycles. The van der Waals surface area contributed by atoms with Gasteiger partial charge in [-0.3, -0.25) is 9.89 Å². The number of aromatic nitrogens is 2. The first kappa shape index (κ1) is 24.9. The molecule has 3 aromatic rings. The van der Waals surface area contributed by atoms with Crippen molar-refractivity contribution in [2.45, 2.75) is 57.5 Å². The van der Waals surface area contributed by atoms with E-state index in [0.29, 0.717) is 5.92 Å². The summed E-state index contributed by atoms with van der Waals surface area (Å²) >= 11 is 0. The van der Waals surface area contributed by atoms with Gasteiger partial charge in [-0.05, 0) is 99.5 Å². The number of amides is 1. The lowest BCUT2D eigenvalue weighted by Crippen LogP contribution is -2.35. The number of ether oxygens (including phenoxy) is 1. The number of anilines is 1. The van der Waals surface area contributed by atoms with E-state index in [1.54, 1.807) is 0 Å². The molecule has 2 N–H and O–H groups in total. The number of carbonyl (C=O) groups is 1. The molecule has 1 aromatic heterocycles. The van der Waals surface area contributed by atoms with Crippen LogP contribution in [-0.2, 0) is 4.79 Å². The quantitative estimate of drug-likeness (QED) is 0.370. The number of fused-ring (bicyclic) bond motifs is 1. The summed E-state index contributed by atoms with van der Waals surface area (Å²) in [5, 5.41) is 12.0. The number of rotatable bonds is 7. The van der Waals surface area contributed by atoms with Gasteiger partial charge in [0.15, 0.2) is 0 Å². The van der Waals surface area contributed by atoms with Gasteiger partial charge in [0.2, 0.25) is 5.91 Å². The predicted octanol–water partition coefficient (Wildman–Crippen LogP) is 6.72. The SMILES string of the molecule is CN1CCC(Oc2ccc(-c3n[nH]c4ccc(NC(=O)C(C5=CCCC=C5)C5CCCC5)cc34)cc2)CC1. The van der Waals surface area contributed by atoms with Crippen molar-refractivity contribution in [3.63, 3.8) is 0 Å². The second kappa shape index (κ2) is 11.2. The average Bonchev–Trinajstić information content (AvgIpc) is 3.62. The number of hydrogen-bond donors (Lipinski definition) is 2. The summed E-state index contributed by atoms with van der Waals surface area (Å²) in [6.07, 6.45) is 15.8.